The Morgan fingerprint density at radius 2 is 1.59 bits per heavy atom. The zero-order valence-corrected chi connectivity index (χ0v) is 23.4. The van der Waals surface area contributed by atoms with Crippen molar-refractivity contribution in [3.05, 3.63) is 95.1 Å². The monoisotopic (exact) mass is 531 g/mol. The summed E-state index contributed by atoms with van der Waals surface area (Å²) in [7, 11) is 0. The maximum Gasteiger partial charge on any atom is 0.410 e. The third kappa shape index (κ3) is 7.33. The van der Waals surface area contributed by atoms with Crippen molar-refractivity contribution < 1.29 is 24.5 Å². The minimum absolute atomic E-state index is 0.141. The van der Waals surface area contributed by atoms with Crippen LogP contribution in [-0.4, -0.2) is 53.1 Å². The van der Waals surface area contributed by atoms with Crippen LogP contribution < -0.4 is 4.74 Å². The molecule has 3 aromatic rings. The number of likely N-dealkylation sites (tertiary alicyclic amines) is 1. The number of phenols is 1. The lowest BCUT2D eigenvalue weighted by atomic mass is 9.67. The number of aliphatic hydroxyl groups is 1. The quantitative estimate of drug-likeness (QED) is 0.319. The molecule has 208 valence electrons. The van der Waals surface area contributed by atoms with Gasteiger partial charge in [-0.1, -0.05) is 54.6 Å². The minimum atomic E-state index is -0.537. The summed E-state index contributed by atoms with van der Waals surface area (Å²) in [5, 5.41) is 20.2. The highest BCUT2D eigenvalue weighted by molar-refractivity contribution is 5.68. The number of carbonyl (C=O) groups excluding carboxylic acids is 1. The number of aromatic hydroxyl groups is 1. The van der Waals surface area contributed by atoms with Crippen molar-refractivity contribution in [1.29, 1.82) is 0 Å². The summed E-state index contributed by atoms with van der Waals surface area (Å²) in [6.45, 7) is 7.48. The zero-order chi connectivity index (χ0) is 27.9. The summed E-state index contributed by atoms with van der Waals surface area (Å²) in [5.74, 6) is 1.11. The van der Waals surface area contributed by atoms with E-state index in [9.17, 15) is 9.90 Å². The lowest BCUT2D eigenvalue weighted by Crippen LogP contribution is -2.47. The van der Waals surface area contributed by atoms with E-state index in [1.807, 2.05) is 69.3 Å². The van der Waals surface area contributed by atoms with Gasteiger partial charge in [-0.25, -0.2) is 4.79 Å². The minimum Gasteiger partial charge on any atom is -0.508 e. The van der Waals surface area contributed by atoms with Gasteiger partial charge in [-0.15, -0.1) is 0 Å². The van der Waals surface area contributed by atoms with Crippen LogP contribution in [-0.2, 0) is 23.0 Å². The third-order valence-corrected chi connectivity index (χ3v) is 7.37. The highest BCUT2D eigenvalue weighted by Crippen LogP contribution is 2.45. The van der Waals surface area contributed by atoms with Gasteiger partial charge in [0.25, 0.3) is 0 Å². The Morgan fingerprint density at radius 3 is 2.23 bits per heavy atom. The van der Waals surface area contributed by atoms with Crippen LogP contribution in [0.25, 0.3) is 0 Å². The molecule has 1 saturated heterocycles. The second-order valence-electron chi connectivity index (χ2n) is 11.3. The van der Waals surface area contributed by atoms with E-state index in [0.717, 1.165) is 40.8 Å². The summed E-state index contributed by atoms with van der Waals surface area (Å²) in [5.41, 5.74) is 3.36. The zero-order valence-electron chi connectivity index (χ0n) is 23.4. The number of amides is 1. The molecule has 0 aliphatic carbocycles. The largest absolute Gasteiger partial charge is 0.508 e. The number of ether oxygens (including phenoxy) is 2. The SMILES string of the molecule is CC(C)(C)OC(=O)N1CCC(c2ccccc2)(c2cc(CCCOc3ccc(CCO)cc3)ccc2O)CC1. The molecular weight excluding hydrogens is 490 g/mol. The molecule has 6 nitrogen and oxygen atoms in total. The molecule has 0 bridgehead atoms. The molecule has 39 heavy (non-hydrogen) atoms. The average molecular weight is 532 g/mol. The molecule has 1 aliphatic rings. The van der Waals surface area contributed by atoms with Crippen LogP contribution in [0, 0.1) is 0 Å². The molecule has 1 heterocycles. The van der Waals surface area contributed by atoms with Crippen LogP contribution in [0.3, 0.4) is 0 Å². The maximum atomic E-state index is 12.7. The molecule has 6 heteroatoms. The van der Waals surface area contributed by atoms with Gasteiger partial charge in [0.1, 0.15) is 17.1 Å². The van der Waals surface area contributed by atoms with E-state index in [4.69, 9.17) is 14.6 Å². The molecule has 1 amide bonds. The molecule has 0 unspecified atom stereocenters. The van der Waals surface area contributed by atoms with E-state index in [-0.39, 0.29) is 18.4 Å². The first-order chi connectivity index (χ1) is 18.7. The fraction of sp³-hybridized carbons (Fsp3) is 0.424. The molecule has 3 aromatic carbocycles. The number of hydrogen-bond acceptors (Lipinski definition) is 5. The van der Waals surface area contributed by atoms with Gasteiger partial charge in [-0.2, -0.15) is 0 Å². The summed E-state index contributed by atoms with van der Waals surface area (Å²) >= 11 is 0. The first kappa shape index (κ1) is 28.5. The van der Waals surface area contributed by atoms with Crippen LogP contribution in [0.15, 0.2) is 72.8 Å². The van der Waals surface area contributed by atoms with E-state index in [1.54, 1.807) is 11.0 Å². The number of benzene rings is 3. The van der Waals surface area contributed by atoms with Gasteiger partial charge >= 0.3 is 6.09 Å². The van der Waals surface area contributed by atoms with Crippen molar-refractivity contribution in [2.24, 2.45) is 0 Å². The van der Waals surface area contributed by atoms with Crippen molar-refractivity contribution in [1.82, 2.24) is 4.90 Å². The van der Waals surface area contributed by atoms with Gasteiger partial charge in [0.05, 0.1) is 6.61 Å². The third-order valence-electron chi connectivity index (χ3n) is 7.37. The second kappa shape index (κ2) is 12.6. The van der Waals surface area contributed by atoms with Gasteiger partial charge in [0.2, 0.25) is 0 Å². The maximum absolute atomic E-state index is 12.7. The van der Waals surface area contributed by atoms with Crippen LogP contribution in [0.2, 0.25) is 0 Å². The number of aryl methyl sites for hydroxylation is 1. The molecule has 0 saturated carbocycles. The molecule has 2 N–H and O–H groups in total. The lowest BCUT2D eigenvalue weighted by Gasteiger charge is -2.43. The van der Waals surface area contributed by atoms with Crippen molar-refractivity contribution in [2.75, 3.05) is 26.3 Å². The molecule has 0 radical (unpaired) electrons. The summed E-state index contributed by atoms with van der Waals surface area (Å²) in [4.78, 5) is 14.5. The van der Waals surface area contributed by atoms with Gasteiger partial charge in [0, 0.05) is 30.7 Å². The normalized spacial score (nSPS) is 15.1. The standard InChI is InChI=1S/C33H41NO5/c1-32(2,3)39-31(37)34-20-18-33(19-21-34,27-9-5-4-6-10-27)29-24-26(13-16-30(29)36)8-7-23-38-28-14-11-25(12-15-28)17-22-35/h4-6,9-16,24,35-36H,7-8,17-23H2,1-3H3. The number of phenolic OH excluding ortho intramolecular Hbond substituents is 1. The Bertz CT molecular complexity index is 1210. The Labute approximate surface area is 232 Å². The number of aliphatic hydroxyl groups excluding tert-OH is 1. The number of rotatable bonds is 9. The number of hydrogen-bond donors (Lipinski definition) is 2. The Kier molecular flexibility index (Phi) is 9.18. The van der Waals surface area contributed by atoms with Crippen LogP contribution in [0.4, 0.5) is 4.79 Å². The van der Waals surface area contributed by atoms with Crippen LogP contribution in [0.5, 0.6) is 11.5 Å². The highest BCUT2D eigenvalue weighted by atomic mass is 16.6. The predicted octanol–water partition coefficient (Wildman–Crippen LogP) is 6.26. The van der Waals surface area contributed by atoms with Crippen molar-refractivity contribution in [3.63, 3.8) is 0 Å². The van der Waals surface area contributed by atoms with E-state index >= 15 is 0 Å². The first-order valence-corrected chi connectivity index (χ1v) is 13.9. The Morgan fingerprint density at radius 1 is 0.923 bits per heavy atom. The average Bonchev–Trinajstić information content (AvgIpc) is 2.92. The van der Waals surface area contributed by atoms with Crippen molar-refractivity contribution >= 4 is 6.09 Å². The summed E-state index contributed by atoms with van der Waals surface area (Å²) < 4.78 is 11.5. The number of carbonyl (C=O) groups is 1. The fourth-order valence-corrected chi connectivity index (χ4v) is 5.34. The fourth-order valence-electron chi connectivity index (χ4n) is 5.34. The topological polar surface area (TPSA) is 79.2 Å². The summed E-state index contributed by atoms with van der Waals surface area (Å²) in [6, 6.07) is 24.1. The predicted molar refractivity (Wildman–Crippen MR) is 153 cm³/mol. The van der Waals surface area contributed by atoms with Gasteiger partial charge in [-0.3, -0.25) is 0 Å². The molecule has 0 atom stereocenters. The highest BCUT2D eigenvalue weighted by Gasteiger charge is 2.41. The van der Waals surface area contributed by atoms with E-state index in [0.29, 0.717) is 39.0 Å². The molecule has 0 aromatic heterocycles. The van der Waals surface area contributed by atoms with Crippen molar-refractivity contribution in [3.8, 4) is 11.5 Å². The van der Waals surface area contributed by atoms with Gasteiger partial charge < -0.3 is 24.6 Å². The number of nitrogens with zero attached hydrogens (tertiary/aromatic N) is 1. The van der Waals surface area contributed by atoms with E-state index in [1.165, 1.54) is 0 Å². The summed E-state index contributed by atoms with van der Waals surface area (Å²) in [6.07, 6.45) is 3.42. The van der Waals surface area contributed by atoms with Gasteiger partial charge in [-0.05, 0) is 87.8 Å². The first-order valence-electron chi connectivity index (χ1n) is 13.9. The molecule has 1 aliphatic heterocycles. The smallest absolute Gasteiger partial charge is 0.410 e. The molecule has 1 fully saturated rings. The van der Waals surface area contributed by atoms with Gasteiger partial charge in [0.15, 0.2) is 0 Å². The molecule has 4 rings (SSSR count). The Hall–Kier alpha value is -3.51. The number of piperidine rings is 1. The lowest BCUT2D eigenvalue weighted by molar-refractivity contribution is 0.0179. The van der Waals surface area contributed by atoms with Crippen LogP contribution in [0.1, 0.15) is 62.3 Å². The Balaban J connectivity index is 1.47. The molecule has 0 spiro atoms. The molecular formula is C33H41NO5. The van der Waals surface area contributed by atoms with E-state index < -0.39 is 11.0 Å². The van der Waals surface area contributed by atoms with Crippen molar-refractivity contribution in [2.45, 2.75) is 63.9 Å². The van der Waals surface area contributed by atoms with E-state index in [2.05, 4.69) is 18.2 Å². The van der Waals surface area contributed by atoms with Crippen LogP contribution >= 0.6 is 0 Å². The second-order valence-corrected chi connectivity index (χ2v) is 11.3.